The van der Waals surface area contributed by atoms with Crippen LogP contribution in [0.3, 0.4) is 0 Å². The van der Waals surface area contributed by atoms with Crippen molar-refractivity contribution in [1.82, 2.24) is 5.32 Å². The molecule has 140 valence electrons. The van der Waals surface area contributed by atoms with Gasteiger partial charge in [0.2, 0.25) is 0 Å². The number of methoxy groups -OCH3 is 1. The molecular formula is C20H31NO4. The predicted molar refractivity (Wildman–Crippen MR) is 98.9 cm³/mol. The van der Waals surface area contributed by atoms with E-state index in [0.29, 0.717) is 17.9 Å². The third-order valence-corrected chi connectivity index (χ3v) is 3.96. The first-order valence-corrected chi connectivity index (χ1v) is 9.25. The van der Waals surface area contributed by atoms with Gasteiger partial charge in [-0.2, -0.15) is 0 Å². The first-order chi connectivity index (χ1) is 12.2. The van der Waals surface area contributed by atoms with Crippen molar-refractivity contribution in [2.45, 2.75) is 58.3 Å². The van der Waals surface area contributed by atoms with Crippen molar-refractivity contribution >= 4 is 11.9 Å². The standard InChI is InChI=1S/C20H31NO4/c1-3-4-5-6-7-8-9-15-25-19(22)13-14-21-20(23)17-11-10-12-18(16-17)24-2/h10-12,16H,3-9,13-15H2,1-2H3,(H,21,23). The molecule has 0 aliphatic carbocycles. The van der Waals surface area contributed by atoms with Gasteiger partial charge in [0.05, 0.1) is 20.1 Å². The third-order valence-electron chi connectivity index (χ3n) is 3.96. The summed E-state index contributed by atoms with van der Waals surface area (Å²) in [7, 11) is 1.55. The fourth-order valence-corrected chi connectivity index (χ4v) is 2.46. The average Bonchev–Trinajstić information content (AvgIpc) is 2.63. The van der Waals surface area contributed by atoms with Gasteiger partial charge in [0.25, 0.3) is 5.91 Å². The summed E-state index contributed by atoms with van der Waals surface area (Å²) in [5, 5.41) is 2.72. The number of amides is 1. The van der Waals surface area contributed by atoms with Crippen molar-refractivity contribution in [3.63, 3.8) is 0 Å². The molecule has 0 aromatic heterocycles. The van der Waals surface area contributed by atoms with Crippen molar-refractivity contribution < 1.29 is 19.1 Å². The first-order valence-electron chi connectivity index (χ1n) is 9.25. The lowest BCUT2D eigenvalue weighted by molar-refractivity contribution is -0.143. The molecule has 0 radical (unpaired) electrons. The molecule has 1 amide bonds. The fourth-order valence-electron chi connectivity index (χ4n) is 2.46. The molecule has 5 heteroatoms. The maximum Gasteiger partial charge on any atom is 0.307 e. The lowest BCUT2D eigenvalue weighted by Crippen LogP contribution is -2.26. The van der Waals surface area contributed by atoms with E-state index in [1.54, 1.807) is 31.4 Å². The van der Waals surface area contributed by atoms with Gasteiger partial charge in [-0.3, -0.25) is 9.59 Å². The van der Waals surface area contributed by atoms with Gasteiger partial charge in [0, 0.05) is 12.1 Å². The molecule has 0 unspecified atom stereocenters. The van der Waals surface area contributed by atoms with Crippen LogP contribution >= 0.6 is 0 Å². The summed E-state index contributed by atoms with van der Waals surface area (Å²) in [6.45, 7) is 2.95. The van der Waals surface area contributed by atoms with Crippen molar-refractivity contribution in [1.29, 1.82) is 0 Å². The molecule has 0 aliphatic rings. The van der Waals surface area contributed by atoms with Crippen molar-refractivity contribution in [3.05, 3.63) is 29.8 Å². The Labute approximate surface area is 151 Å². The second-order valence-electron chi connectivity index (χ2n) is 6.08. The summed E-state index contributed by atoms with van der Waals surface area (Å²) in [5.74, 6) is 0.137. The van der Waals surface area contributed by atoms with Gasteiger partial charge in [0.15, 0.2) is 0 Å². The van der Waals surface area contributed by atoms with E-state index in [4.69, 9.17) is 9.47 Å². The summed E-state index contributed by atoms with van der Waals surface area (Å²) in [6, 6.07) is 6.90. The Bertz CT molecular complexity index is 516. The van der Waals surface area contributed by atoms with E-state index in [9.17, 15) is 9.59 Å². The number of esters is 1. The predicted octanol–water partition coefficient (Wildman–Crippen LogP) is 4.11. The molecule has 0 atom stereocenters. The molecule has 0 heterocycles. The van der Waals surface area contributed by atoms with E-state index < -0.39 is 0 Å². The Hall–Kier alpha value is -2.04. The van der Waals surface area contributed by atoms with Crippen molar-refractivity contribution in [2.75, 3.05) is 20.3 Å². The molecule has 0 saturated heterocycles. The number of rotatable bonds is 13. The van der Waals surface area contributed by atoms with E-state index in [-0.39, 0.29) is 24.8 Å². The zero-order valence-corrected chi connectivity index (χ0v) is 15.5. The van der Waals surface area contributed by atoms with Crippen LogP contribution in [0.4, 0.5) is 0 Å². The lowest BCUT2D eigenvalue weighted by atomic mass is 10.1. The highest BCUT2D eigenvalue weighted by atomic mass is 16.5. The zero-order valence-electron chi connectivity index (χ0n) is 15.5. The first kappa shape index (κ1) is 21.0. The topological polar surface area (TPSA) is 64.6 Å². The number of ether oxygens (including phenoxy) is 2. The van der Waals surface area contributed by atoms with Crippen LogP contribution in [0.15, 0.2) is 24.3 Å². The molecule has 5 nitrogen and oxygen atoms in total. The maximum absolute atomic E-state index is 12.0. The van der Waals surface area contributed by atoms with Crippen LogP contribution < -0.4 is 10.1 Å². The molecule has 1 N–H and O–H groups in total. The Morgan fingerprint density at radius 2 is 1.76 bits per heavy atom. The van der Waals surface area contributed by atoms with Crippen molar-refractivity contribution in [2.24, 2.45) is 0 Å². The number of hydrogen-bond acceptors (Lipinski definition) is 4. The molecule has 1 aromatic rings. The minimum absolute atomic E-state index is 0.187. The van der Waals surface area contributed by atoms with Crippen LogP contribution in [0.1, 0.15) is 68.6 Å². The number of benzene rings is 1. The Balaban J connectivity index is 2.07. The van der Waals surface area contributed by atoms with Crippen LogP contribution in [0.25, 0.3) is 0 Å². The van der Waals surface area contributed by atoms with Crippen molar-refractivity contribution in [3.8, 4) is 5.75 Å². The van der Waals surface area contributed by atoms with E-state index in [1.165, 1.54) is 32.1 Å². The maximum atomic E-state index is 12.0. The normalized spacial score (nSPS) is 10.3. The molecule has 1 rings (SSSR count). The largest absolute Gasteiger partial charge is 0.497 e. The number of nitrogens with one attached hydrogen (secondary N) is 1. The van der Waals surface area contributed by atoms with Crippen LogP contribution in [0.2, 0.25) is 0 Å². The molecule has 0 aliphatic heterocycles. The number of carbonyl (C=O) groups is 2. The molecule has 0 saturated carbocycles. The molecule has 0 fully saturated rings. The SMILES string of the molecule is CCCCCCCCCOC(=O)CCNC(=O)c1cccc(OC)c1. The number of hydrogen-bond donors (Lipinski definition) is 1. The van der Waals surface area contributed by atoms with E-state index in [1.807, 2.05) is 0 Å². The van der Waals surface area contributed by atoms with Gasteiger partial charge in [-0.25, -0.2) is 0 Å². The summed E-state index contributed by atoms with van der Waals surface area (Å²) in [6.07, 6.45) is 8.52. The summed E-state index contributed by atoms with van der Waals surface area (Å²) in [5.41, 5.74) is 0.510. The Kier molecular flexibility index (Phi) is 11.2. The van der Waals surface area contributed by atoms with Gasteiger partial charge in [0.1, 0.15) is 5.75 Å². The van der Waals surface area contributed by atoms with E-state index in [0.717, 1.165) is 12.8 Å². The van der Waals surface area contributed by atoms with Crippen LogP contribution in [-0.2, 0) is 9.53 Å². The van der Waals surface area contributed by atoms with Gasteiger partial charge in [-0.05, 0) is 24.6 Å². The van der Waals surface area contributed by atoms with Gasteiger partial charge in [-0.15, -0.1) is 0 Å². The second kappa shape index (κ2) is 13.3. The highest BCUT2D eigenvalue weighted by Crippen LogP contribution is 2.12. The fraction of sp³-hybridized carbons (Fsp3) is 0.600. The highest BCUT2D eigenvalue weighted by Gasteiger charge is 2.08. The van der Waals surface area contributed by atoms with Gasteiger partial charge >= 0.3 is 5.97 Å². The second-order valence-corrected chi connectivity index (χ2v) is 6.08. The molecule has 0 bridgehead atoms. The molecular weight excluding hydrogens is 318 g/mol. The molecule has 0 spiro atoms. The van der Waals surface area contributed by atoms with E-state index in [2.05, 4.69) is 12.2 Å². The van der Waals surface area contributed by atoms with E-state index >= 15 is 0 Å². The van der Waals surface area contributed by atoms with Crippen LogP contribution in [0.5, 0.6) is 5.75 Å². The Morgan fingerprint density at radius 3 is 2.48 bits per heavy atom. The third kappa shape index (κ3) is 9.75. The van der Waals surface area contributed by atoms with Crippen LogP contribution in [-0.4, -0.2) is 32.1 Å². The molecule has 1 aromatic carbocycles. The minimum Gasteiger partial charge on any atom is -0.497 e. The number of unbranched alkanes of at least 4 members (excludes halogenated alkanes) is 6. The van der Waals surface area contributed by atoms with Crippen LogP contribution in [0, 0.1) is 0 Å². The average molecular weight is 349 g/mol. The molecule has 25 heavy (non-hydrogen) atoms. The smallest absolute Gasteiger partial charge is 0.307 e. The summed E-state index contributed by atoms with van der Waals surface area (Å²) >= 11 is 0. The monoisotopic (exact) mass is 349 g/mol. The highest BCUT2D eigenvalue weighted by molar-refractivity contribution is 5.94. The Morgan fingerprint density at radius 1 is 1.04 bits per heavy atom. The van der Waals surface area contributed by atoms with Gasteiger partial charge < -0.3 is 14.8 Å². The number of carbonyl (C=O) groups excluding carboxylic acids is 2. The summed E-state index contributed by atoms with van der Waals surface area (Å²) < 4.78 is 10.3. The quantitative estimate of drug-likeness (QED) is 0.430. The van der Waals surface area contributed by atoms with Gasteiger partial charge in [-0.1, -0.05) is 51.5 Å². The lowest BCUT2D eigenvalue weighted by Gasteiger charge is -2.07. The minimum atomic E-state index is -0.267. The zero-order chi connectivity index (χ0) is 18.3. The summed E-state index contributed by atoms with van der Waals surface area (Å²) in [4.78, 5) is 23.6.